The Kier molecular flexibility index (Phi) is 3.47. The molecular formula is C10H11N5O2S. The van der Waals surface area contributed by atoms with Crippen molar-refractivity contribution < 1.29 is 4.92 Å². The normalized spacial score (nSPS) is 10.5. The first-order valence-corrected chi connectivity index (χ1v) is 6.08. The predicted octanol–water partition coefficient (Wildman–Crippen LogP) is 1.60. The van der Waals surface area contributed by atoms with Crippen LogP contribution < -0.4 is 5.73 Å². The second kappa shape index (κ2) is 5.05. The summed E-state index contributed by atoms with van der Waals surface area (Å²) in [7, 11) is 1.75. The number of hydrogen-bond donors (Lipinski definition) is 1. The Labute approximate surface area is 107 Å². The molecule has 0 saturated heterocycles. The molecule has 1 aromatic heterocycles. The van der Waals surface area contributed by atoms with E-state index in [2.05, 4.69) is 10.2 Å². The molecule has 2 aromatic rings. The Morgan fingerprint density at radius 2 is 2.17 bits per heavy atom. The number of nitro benzene ring substituents is 1. The molecular weight excluding hydrogens is 254 g/mol. The zero-order valence-electron chi connectivity index (χ0n) is 9.61. The van der Waals surface area contributed by atoms with Crippen LogP contribution in [0.1, 0.15) is 5.56 Å². The number of nitro groups is 1. The Hall–Kier alpha value is -2.09. The van der Waals surface area contributed by atoms with Crippen LogP contribution in [0.15, 0.2) is 29.4 Å². The lowest BCUT2D eigenvalue weighted by atomic mass is 10.2. The van der Waals surface area contributed by atoms with E-state index in [1.54, 1.807) is 29.8 Å². The third-order valence-corrected chi connectivity index (χ3v) is 3.48. The quantitative estimate of drug-likeness (QED) is 0.512. The summed E-state index contributed by atoms with van der Waals surface area (Å²) in [6.07, 6.45) is 0. The summed E-state index contributed by atoms with van der Waals surface area (Å²) in [5, 5.41) is 19.1. The average molecular weight is 265 g/mol. The number of nitrogens with two attached hydrogens (primary N) is 1. The van der Waals surface area contributed by atoms with E-state index in [-0.39, 0.29) is 10.6 Å². The maximum Gasteiger partial charge on any atom is 0.273 e. The van der Waals surface area contributed by atoms with E-state index >= 15 is 0 Å². The zero-order valence-corrected chi connectivity index (χ0v) is 10.4. The molecule has 0 amide bonds. The summed E-state index contributed by atoms with van der Waals surface area (Å²) in [5.74, 6) is 0.767. The second-order valence-electron chi connectivity index (χ2n) is 3.57. The fourth-order valence-corrected chi connectivity index (χ4v) is 2.32. The molecule has 0 fully saturated rings. The van der Waals surface area contributed by atoms with Crippen LogP contribution in [0.3, 0.4) is 0 Å². The number of benzene rings is 1. The molecule has 0 aliphatic rings. The van der Waals surface area contributed by atoms with E-state index in [0.717, 1.165) is 0 Å². The summed E-state index contributed by atoms with van der Waals surface area (Å²) >= 11 is 1.36. The van der Waals surface area contributed by atoms with E-state index in [4.69, 9.17) is 5.73 Å². The predicted molar refractivity (Wildman–Crippen MR) is 68.1 cm³/mol. The lowest BCUT2D eigenvalue weighted by molar-refractivity contribution is -0.385. The summed E-state index contributed by atoms with van der Waals surface area (Å²) < 4.78 is 1.64. The van der Waals surface area contributed by atoms with Gasteiger partial charge in [0.05, 0.1) is 4.92 Å². The van der Waals surface area contributed by atoms with Crippen molar-refractivity contribution in [2.75, 3.05) is 5.73 Å². The van der Waals surface area contributed by atoms with Gasteiger partial charge in [-0.2, -0.15) is 0 Å². The summed E-state index contributed by atoms with van der Waals surface area (Å²) in [6, 6.07) is 6.63. The van der Waals surface area contributed by atoms with Crippen LogP contribution in [0.2, 0.25) is 0 Å². The van der Waals surface area contributed by atoms with Gasteiger partial charge in [0.1, 0.15) is 0 Å². The average Bonchev–Trinajstić information content (AvgIpc) is 2.68. The lowest BCUT2D eigenvalue weighted by Gasteiger charge is -2.02. The Balaban J connectivity index is 2.16. The number of rotatable bonds is 4. The van der Waals surface area contributed by atoms with Crippen LogP contribution in [-0.4, -0.2) is 19.7 Å². The summed E-state index contributed by atoms with van der Waals surface area (Å²) in [6.45, 7) is 0. The van der Waals surface area contributed by atoms with Gasteiger partial charge in [0.2, 0.25) is 5.95 Å². The molecule has 1 aromatic carbocycles. The highest BCUT2D eigenvalue weighted by molar-refractivity contribution is 7.98. The van der Waals surface area contributed by atoms with Crippen molar-refractivity contribution in [2.24, 2.45) is 7.05 Å². The molecule has 18 heavy (non-hydrogen) atoms. The van der Waals surface area contributed by atoms with Crippen molar-refractivity contribution in [2.45, 2.75) is 10.9 Å². The number of hydrogen-bond acceptors (Lipinski definition) is 6. The van der Waals surface area contributed by atoms with Crippen molar-refractivity contribution in [1.29, 1.82) is 0 Å². The van der Waals surface area contributed by atoms with Gasteiger partial charge >= 0.3 is 0 Å². The minimum Gasteiger partial charge on any atom is -0.368 e. The minimum absolute atomic E-state index is 0.111. The molecule has 2 N–H and O–H groups in total. The van der Waals surface area contributed by atoms with Crippen molar-refractivity contribution in [3.63, 3.8) is 0 Å². The minimum atomic E-state index is -0.388. The molecule has 0 aliphatic heterocycles. The molecule has 0 bridgehead atoms. The highest BCUT2D eigenvalue weighted by atomic mass is 32.2. The van der Waals surface area contributed by atoms with E-state index in [1.807, 2.05) is 0 Å². The Morgan fingerprint density at radius 3 is 2.78 bits per heavy atom. The summed E-state index contributed by atoms with van der Waals surface area (Å²) in [5.41, 5.74) is 6.31. The molecule has 94 valence electrons. The van der Waals surface area contributed by atoms with Crippen molar-refractivity contribution in [3.8, 4) is 0 Å². The maximum atomic E-state index is 10.8. The van der Waals surface area contributed by atoms with Crippen LogP contribution >= 0.6 is 11.8 Å². The number of nitrogen functional groups attached to an aromatic ring is 1. The monoisotopic (exact) mass is 265 g/mol. The molecule has 0 aliphatic carbocycles. The molecule has 0 unspecified atom stereocenters. The van der Waals surface area contributed by atoms with Gasteiger partial charge in [0, 0.05) is 24.4 Å². The van der Waals surface area contributed by atoms with Gasteiger partial charge in [-0.15, -0.1) is 10.2 Å². The highest BCUT2D eigenvalue weighted by Gasteiger charge is 2.14. The van der Waals surface area contributed by atoms with Crippen LogP contribution in [0.4, 0.5) is 11.6 Å². The van der Waals surface area contributed by atoms with E-state index in [0.29, 0.717) is 22.4 Å². The molecule has 0 spiro atoms. The summed E-state index contributed by atoms with van der Waals surface area (Å²) in [4.78, 5) is 10.5. The SMILES string of the molecule is Cn1c(N)nnc1SCc1ccccc1[N+](=O)[O-]. The zero-order chi connectivity index (χ0) is 13.1. The van der Waals surface area contributed by atoms with Crippen LogP contribution in [0, 0.1) is 10.1 Å². The molecule has 0 saturated carbocycles. The topological polar surface area (TPSA) is 99.9 Å². The molecule has 7 nitrogen and oxygen atoms in total. The third kappa shape index (κ3) is 2.43. The first-order valence-electron chi connectivity index (χ1n) is 5.09. The first-order chi connectivity index (χ1) is 8.59. The van der Waals surface area contributed by atoms with Gasteiger partial charge in [-0.05, 0) is 0 Å². The van der Waals surface area contributed by atoms with Gasteiger partial charge in [0.25, 0.3) is 5.69 Å². The van der Waals surface area contributed by atoms with Gasteiger partial charge in [-0.3, -0.25) is 14.7 Å². The van der Waals surface area contributed by atoms with Crippen molar-refractivity contribution in [1.82, 2.24) is 14.8 Å². The molecule has 8 heteroatoms. The third-order valence-electron chi connectivity index (χ3n) is 2.41. The van der Waals surface area contributed by atoms with Gasteiger partial charge in [0.15, 0.2) is 5.16 Å². The van der Waals surface area contributed by atoms with E-state index in [9.17, 15) is 10.1 Å². The number of anilines is 1. The van der Waals surface area contributed by atoms with Crippen LogP contribution in [-0.2, 0) is 12.8 Å². The molecule has 0 atom stereocenters. The van der Waals surface area contributed by atoms with Gasteiger partial charge in [-0.25, -0.2) is 0 Å². The standard InChI is InChI=1S/C10H11N5O2S/c1-14-9(11)12-13-10(14)18-6-7-4-2-3-5-8(7)15(16)17/h2-5H,6H2,1H3,(H2,11,12). The Morgan fingerprint density at radius 1 is 1.44 bits per heavy atom. The lowest BCUT2D eigenvalue weighted by Crippen LogP contribution is -1.98. The number of para-hydroxylation sites is 1. The Bertz CT molecular complexity index is 583. The first kappa shape index (κ1) is 12.4. The molecule has 0 radical (unpaired) electrons. The fourth-order valence-electron chi connectivity index (χ4n) is 1.41. The number of nitrogens with zero attached hydrogens (tertiary/aromatic N) is 4. The van der Waals surface area contributed by atoms with Crippen molar-refractivity contribution in [3.05, 3.63) is 39.9 Å². The largest absolute Gasteiger partial charge is 0.368 e. The van der Waals surface area contributed by atoms with Crippen LogP contribution in [0.25, 0.3) is 0 Å². The van der Waals surface area contributed by atoms with Gasteiger partial charge < -0.3 is 5.73 Å². The van der Waals surface area contributed by atoms with E-state index < -0.39 is 0 Å². The molecule has 2 rings (SSSR count). The highest BCUT2D eigenvalue weighted by Crippen LogP contribution is 2.26. The van der Waals surface area contributed by atoms with Crippen molar-refractivity contribution >= 4 is 23.4 Å². The number of aromatic nitrogens is 3. The molecule has 1 heterocycles. The van der Waals surface area contributed by atoms with Gasteiger partial charge in [-0.1, -0.05) is 30.0 Å². The van der Waals surface area contributed by atoms with Crippen LogP contribution in [0.5, 0.6) is 0 Å². The maximum absolute atomic E-state index is 10.8. The second-order valence-corrected chi connectivity index (χ2v) is 4.52. The number of thioether (sulfide) groups is 1. The smallest absolute Gasteiger partial charge is 0.273 e. The van der Waals surface area contributed by atoms with E-state index in [1.165, 1.54) is 17.8 Å². The fraction of sp³-hybridized carbons (Fsp3) is 0.200.